The molecular formula is C14H25N3O2. The number of ether oxygens (including phenoxy) is 1. The SMILES string of the molecule is CCOC1(c2noc(NC(C)C)n2)CCCCCC1. The zero-order chi connectivity index (χ0) is 13.7. The van der Waals surface area contributed by atoms with E-state index in [-0.39, 0.29) is 11.6 Å². The summed E-state index contributed by atoms with van der Waals surface area (Å²) in [4.78, 5) is 4.49. The summed E-state index contributed by atoms with van der Waals surface area (Å²) >= 11 is 0. The molecule has 1 aliphatic rings. The quantitative estimate of drug-likeness (QED) is 0.828. The van der Waals surface area contributed by atoms with Crippen LogP contribution >= 0.6 is 0 Å². The zero-order valence-electron chi connectivity index (χ0n) is 12.2. The average molecular weight is 267 g/mol. The maximum absolute atomic E-state index is 6.04. The molecule has 19 heavy (non-hydrogen) atoms. The van der Waals surface area contributed by atoms with Crippen LogP contribution in [0.25, 0.3) is 0 Å². The van der Waals surface area contributed by atoms with Gasteiger partial charge < -0.3 is 14.6 Å². The molecule has 108 valence electrons. The molecule has 0 atom stereocenters. The van der Waals surface area contributed by atoms with Gasteiger partial charge in [-0.2, -0.15) is 4.98 Å². The van der Waals surface area contributed by atoms with E-state index in [1.807, 2.05) is 20.8 Å². The van der Waals surface area contributed by atoms with Crippen molar-refractivity contribution in [2.45, 2.75) is 70.9 Å². The van der Waals surface area contributed by atoms with Crippen LogP contribution in [-0.2, 0) is 10.3 Å². The van der Waals surface area contributed by atoms with Crippen LogP contribution in [0.3, 0.4) is 0 Å². The third-order valence-electron chi connectivity index (χ3n) is 3.58. The van der Waals surface area contributed by atoms with Crippen molar-refractivity contribution < 1.29 is 9.26 Å². The number of nitrogens with one attached hydrogen (secondary N) is 1. The van der Waals surface area contributed by atoms with Gasteiger partial charge in [-0.1, -0.05) is 30.8 Å². The minimum atomic E-state index is -0.342. The third kappa shape index (κ3) is 3.47. The summed E-state index contributed by atoms with van der Waals surface area (Å²) in [6, 6.07) is 0.777. The van der Waals surface area contributed by atoms with Crippen LogP contribution in [0.4, 0.5) is 6.01 Å². The number of nitrogens with zero attached hydrogens (tertiary/aromatic N) is 2. The Morgan fingerprint density at radius 1 is 1.26 bits per heavy atom. The van der Waals surface area contributed by atoms with E-state index in [9.17, 15) is 0 Å². The Morgan fingerprint density at radius 2 is 1.95 bits per heavy atom. The van der Waals surface area contributed by atoms with Gasteiger partial charge in [-0.3, -0.25) is 0 Å². The molecule has 0 spiro atoms. The minimum Gasteiger partial charge on any atom is -0.367 e. The minimum absolute atomic E-state index is 0.283. The van der Waals surface area contributed by atoms with Crippen molar-refractivity contribution in [1.82, 2.24) is 10.1 Å². The van der Waals surface area contributed by atoms with Gasteiger partial charge in [-0.05, 0) is 33.6 Å². The highest BCUT2D eigenvalue weighted by molar-refractivity contribution is 5.21. The molecule has 1 saturated carbocycles. The summed E-state index contributed by atoms with van der Waals surface area (Å²) in [7, 11) is 0. The molecule has 0 unspecified atom stereocenters. The van der Waals surface area contributed by atoms with E-state index >= 15 is 0 Å². The van der Waals surface area contributed by atoms with Crippen LogP contribution in [0, 0.1) is 0 Å². The first-order valence-corrected chi connectivity index (χ1v) is 7.41. The maximum Gasteiger partial charge on any atom is 0.321 e. The molecule has 1 aromatic heterocycles. The molecule has 0 amide bonds. The molecule has 2 rings (SSSR count). The second-order valence-corrected chi connectivity index (χ2v) is 5.56. The standard InChI is InChI=1S/C14H25N3O2/c1-4-18-14(9-7-5-6-8-10-14)12-16-13(19-17-12)15-11(2)3/h11H,4-10H2,1-3H3,(H,15,16,17). The van der Waals surface area contributed by atoms with Gasteiger partial charge in [0.2, 0.25) is 5.82 Å². The van der Waals surface area contributed by atoms with Crippen LogP contribution in [-0.4, -0.2) is 22.8 Å². The molecule has 0 saturated heterocycles. The molecule has 0 radical (unpaired) electrons. The fourth-order valence-electron chi connectivity index (χ4n) is 2.72. The Bertz CT molecular complexity index is 382. The highest BCUT2D eigenvalue weighted by Gasteiger charge is 2.38. The summed E-state index contributed by atoms with van der Waals surface area (Å²) in [5.41, 5.74) is -0.342. The van der Waals surface area contributed by atoms with Crippen LogP contribution in [0.1, 0.15) is 65.1 Å². The Kier molecular flexibility index (Phi) is 4.80. The highest BCUT2D eigenvalue weighted by atomic mass is 16.5. The lowest BCUT2D eigenvalue weighted by Gasteiger charge is -2.29. The van der Waals surface area contributed by atoms with Crippen LogP contribution in [0.2, 0.25) is 0 Å². The van der Waals surface area contributed by atoms with Crippen molar-refractivity contribution in [3.05, 3.63) is 5.82 Å². The Labute approximate surface area is 115 Å². The summed E-state index contributed by atoms with van der Waals surface area (Å²) in [5.74, 6) is 0.708. The van der Waals surface area contributed by atoms with E-state index in [2.05, 4.69) is 15.5 Å². The van der Waals surface area contributed by atoms with E-state index in [4.69, 9.17) is 9.26 Å². The van der Waals surface area contributed by atoms with Gasteiger partial charge in [0.15, 0.2) is 0 Å². The van der Waals surface area contributed by atoms with Gasteiger partial charge in [0.25, 0.3) is 0 Å². The molecule has 1 N–H and O–H groups in total. The highest BCUT2D eigenvalue weighted by Crippen LogP contribution is 2.38. The van der Waals surface area contributed by atoms with Crippen molar-refractivity contribution in [2.24, 2.45) is 0 Å². The zero-order valence-corrected chi connectivity index (χ0v) is 12.2. The molecular weight excluding hydrogens is 242 g/mol. The third-order valence-corrected chi connectivity index (χ3v) is 3.58. The molecule has 0 aliphatic heterocycles. The first-order chi connectivity index (χ1) is 9.16. The first-order valence-electron chi connectivity index (χ1n) is 7.41. The van der Waals surface area contributed by atoms with E-state index in [1.165, 1.54) is 25.7 Å². The molecule has 1 aliphatic carbocycles. The fraction of sp³-hybridized carbons (Fsp3) is 0.857. The van der Waals surface area contributed by atoms with Gasteiger partial charge in [-0.15, -0.1) is 0 Å². The van der Waals surface area contributed by atoms with Gasteiger partial charge in [0.1, 0.15) is 5.60 Å². The van der Waals surface area contributed by atoms with Crippen LogP contribution in [0.15, 0.2) is 4.52 Å². The lowest BCUT2D eigenvalue weighted by atomic mass is 9.93. The maximum atomic E-state index is 6.04. The first kappa shape index (κ1) is 14.3. The number of anilines is 1. The van der Waals surface area contributed by atoms with Crippen molar-refractivity contribution in [2.75, 3.05) is 11.9 Å². The molecule has 5 heteroatoms. The van der Waals surface area contributed by atoms with Gasteiger partial charge >= 0.3 is 6.01 Å². The van der Waals surface area contributed by atoms with Gasteiger partial charge in [0.05, 0.1) is 0 Å². The smallest absolute Gasteiger partial charge is 0.321 e. The number of aromatic nitrogens is 2. The Morgan fingerprint density at radius 3 is 2.53 bits per heavy atom. The van der Waals surface area contributed by atoms with Crippen LogP contribution in [0.5, 0.6) is 0 Å². The van der Waals surface area contributed by atoms with Gasteiger partial charge in [-0.25, -0.2) is 0 Å². The monoisotopic (exact) mass is 267 g/mol. The predicted octanol–water partition coefficient (Wildman–Crippen LogP) is 3.48. The topological polar surface area (TPSA) is 60.2 Å². The van der Waals surface area contributed by atoms with E-state index in [0.29, 0.717) is 18.4 Å². The van der Waals surface area contributed by atoms with Gasteiger partial charge in [0, 0.05) is 12.6 Å². The summed E-state index contributed by atoms with van der Waals surface area (Å²) in [5, 5.41) is 7.30. The summed E-state index contributed by atoms with van der Waals surface area (Å²) < 4.78 is 11.3. The number of rotatable bonds is 5. The lowest BCUT2D eigenvalue weighted by Crippen LogP contribution is -2.30. The fourth-order valence-corrected chi connectivity index (χ4v) is 2.72. The Balaban J connectivity index is 2.19. The number of hydrogen-bond acceptors (Lipinski definition) is 5. The van der Waals surface area contributed by atoms with E-state index in [0.717, 1.165) is 12.8 Å². The molecule has 1 fully saturated rings. The molecule has 0 bridgehead atoms. The van der Waals surface area contributed by atoms with Crippen LogP contribution < -0.4 is 5.32 Å². The average Bonchev–Trinajstić information content (AvgIpc) is 2.69. The molecule has 5 nitrogen and oxygen atoms in total. The largest absolute Gasteiger partial charge is 0.367 e. The molecule has 0 aromatic carbocycles. The summed E-state index contributed by atoms with van der Waals surface area (Å²) in [6.07, 6.45) is 6.85. The van der Waals surface area contributed by atoms with Crippen molar-refractivity contribution >= 4 is 6.01 Å². The van der Waals surface area contributed by atoms with Crippen molar-refractivity contribution in [3.8, 4) is 0 Å². The Hall–Kier alpha value is -1.10. The number of hydrogen-bond donors (Lipinski definition) is 1. The molecule has 1 aromatic rings. The predicted molar refractivity (Wildman–Crippen MR) is 74.1 cm³/mol. The van der Waals surface area contributed by atoms with E-state index < -0.39 is 0 Å². The normalized spacial score (nSPS) is 19.4. The van der Waals surface area contributed by atoms with E-state index in [1.54, 1.807) is 0 Å². The van der Waals surface area contributed by atoms with Crippen molar-refractivity contribution in [1.29, 1.82) is 0 Å². The second-order valence-electron chi connectivity index (χ2n) is 5.56. The molecule has 1 heterocycles. The lowest BCUT2D eigenvalue weighted by molar-refractivity contribution is -0.0636. The summed E-state index contributed by atoms with van der Waals surface area (Å²) in [6.45, 7) is 6.81. The second kappa shape index (κ2) is 6.37. The van der Waals surface area contributed by atoms with Crippen molar-refractivity contribution in [3.63, 3.8) is 0 Å².